The second kappa shape index (κ2) is 11.2. The lowest BCUT2D eigenvalue weighted by molar-refractivity contribution is -0.142. The van der Waals surface area contributed by atoms with Gasteiger partial charge in [-0.2, -0.15) is 0 Å². The number of nitrogens with zero attached hydrogens (tertiary/aromatic N) is 1. The Kier molecular flexibility index (Phi) is 9.00. The fraction of sp³-hybridized carbons (Fsp3) is 0.391. The number of carbonyl (C=O) groups is 2. The van der Waals surface area contributed by atoms with Gasteiger partial charge in [0.1, 0.15) is 11.8 Å². The third-order valence-electron chi connectivity index (χ3n) is 4.88. The van der Waals surface area contributed by atoms with Crippen LogP contribution in [0.1, 0.15) is 38.3 Å². The molecule has 1 N–H and O–H groups in total. The molecule has 2 aromatic rings. The number of rotatable bonds is 9. The topological polar surface area (TPSA) is 58.6 Å². The number of ether oxygens (including phenoxy) is 1. The average molecular weight is 451 g/mol. The normalized spacial score (nSPS) is 12.7. The Morgan fingerprint density at radius 2 is 1.87 bits per heavy atom. The van der Waals surface area contributed by atoms with Gasteiger partial charge in [-0.1, -0.05) is 48.3 Å². The average Bonchev–Trinajstić information content (AvgIpc) is 2.71. The summed E-state index contributed by atoms with van der Waals surface area (Å²) < 4.78 is 5.67. The molecule has 2 aromatic carbocycles. The Balaban J connectivity index is 2.20. The van der Waals surface area contributed by atoms with Crippen LogP contribution in [0.4, 0.5) is 0 Å². The highest BCUT2D eigenvalue weighted by Gasteiger charge is 2.27. The fourth-order valence-electron chi connectivity index (χ4n) is 2.81. The van der Waals surface area contributed by atoms with Gasteiger partial charge < -0.3 is 15.0 Å². The summed E-state index contributed by atoms with van der Waals surface area (Å²) >= 11 is 12.3. The summed E-state index contributed by atoms with van der Waals surface area (Å²) in [5.74, 6) is 0.0669. The van der Waals surface area contributed by atoms with Crippen molar-refractivity contribution in [2.24, 2.45) is 0 Å². The van der Waals surface area contributed by atoms with Crippen molar-refractivity contribution in [1.29, 1.82) is 0 Å². The number of amides is 2. The molecule has 0 unspecified atom stereocenters. The molecule has 0 spiro atoms. The van der Waals surface area contributed by atoms with Crippen LogP contribution in [0.2, 0.25) is 10.0 Å². The molecular formula is C23H28Cl2N2O3. The molecule has 0 fully saturated rings. The highest BCUT2D eigenvalue weighted by atomic mass is 35.5. The quantitative estimate of drug-likeness (QED) is 0.583. The van der Waals surface area contributed by atoms with Gasteiger partial charge in [-0.25, -0.2) is 0 Å². The molecule has 0 aliphatic carbocycles. The van der Waals surface area contributed by atoms with Crippen molar-refractivity contribution in [3.05, 3.63) is 63.6 Å². The molecule has 0 bridgehead atoms. The maximum atomic E-state index is 13.0. The van der Waals surface area contributed by atoms with Crippen LogP contribution >= 0.6 is 23.2 Å². The number of nitrogens with one attached hydrogen (secondary N) is 1. The van der Waals surface area contributed by atoms with Crippen LogP contribution in [0.25, 0.3) is 0 Å². The van der Waals surface area contributed by atoms with Crippen molar-refractivity contribution in [3.8, 4) is 5.75 Å². The van der Waals surface area contributed by atoms with Gasteiger partial charge in [0.05, 0.1) is 0 Å². The van der Waals surface area contributed by atoms with Crippen LogP contribution < -0.4 is 10.1 Å². The molecule has 0 aliphatic rings. The maximum absolute atomic E-state index is 13.0. The lowest BCUT2D eigenvalue weighted by atomic mass is 10.1. The van der Waals surface area contributed by atoms with Crippen molar-refractivity contribution in [2.45, 2.75) is 52.7 Å². The molecule has 0 heterocycles. The minimum absolute atomic E-state index is 0.0135. The summed E-state index contributed by atoms with van der Waals surface area (Å²) in [6.07, 6.45) is 0.798. The van der Waals surface area contributed by atoms with Crippen molar-refractivity contribution in [3.63, 3.8) is 0 Å². The monoisotopic (exact) mass is 450 g/mol. The highest BCUT2D eigenvalue weighted by Crippen LogP contribution is 2.23. The largest absolute Gasteiger partial charge is 0.484 e. The van der Waals surface area contributed by atoms with Gasteiger partial charge in [-0.15, -0.1) is 0 Å². The Hall–Kier alpha value is -2.24. The molecule has 0 radical (unpaired) electrons. The summed E-state index contributed by atoms with van der Waals surface area (Å²) in [5, 5.41) is 3.87. The number of carbonyl (C=O) groups excluding carboxylic acids is 2. The molecule has 2 atom stereocenters. The van der Waals surface area contributed by atoms with E-state index in [9.17, 15) is 9.59 Å². The van der Waals surface area contributed by atoms with Gasteiger partial charge in [0.15, 0.2) is 6.61 Å². The predicted molar refractivity (Wildman–Crippen MR) is 121 cm³/mol. The molecule has 0 saturated carbocycles. The van der Waals surface area contributed by atoms with E-state index in [1.807, 2.05) is 39.0 Å². The maximum Gasteiger partial charge on any atom is 0.261 e. The second-order valence-electron chi connectivity index (χ2n) is 7.36. The molecule has 0 aromatic heterocycles. The van der Waals surface area contributed by atoms with Crippen molar-refractivity contribution < 1.29 is 14.3 Å². The zero-order valence-electron chi connectivity index (χ0n) is 17.7. The highest BCUT2D eigenvalue weighted by molar-refractivity contribution is 6.35. The zero-order chi connectivity index (χ0) is 22.3. The molecule has 2 amide bonds. The number of halogens is 2. The second-order valence-corrected chi connectivity index (χ2v) is 8.20. The van der Waals surface area contributed by atoms with Gasteiger partial charge in [0, 0.05) is 22.6 Å². The van der Waals surface area contributed by atoms with E-state index in [2.05, 4.69) is 5.32 Å². The molecule has 162 valence electrons. The molecule has 0 aliphatic heterocycles. The standard InChI is InChI=1S/C23H28Cl2N2O3/c1-5-16(3)26-23(29)17(4)27(13-18-9-10-19(24)12-21(18)25)22(28)14-30-20-8-6-7-15(2)11-20/h6-12,16-17H,5,13-14H2,1-4H3,(H,26,29)/t16-,17-/m1/s1. The van der Waals surface area contributed by atoms with Gasteiger partial charge >= 0.3 is 0 Å². The van der Waals surface area contributed by atoms with E-state index in [4.69, 9.17) is 27.9 Å². The van der Waals surface area contributed by atoms with E-state index >= 15 is 0 Å². The van der Waals surface area contributed by atoms with Gasteiger partial charge in [-0.05, 0) is 62.6 Å². The molecule has 30 heavy (non-hydrogen) atoms. The number of aryl methyl sites for hydroxylation is 1. The first-order valence-electron chi connectivity index (χ1n) is 9.94. The van der Waals surface area contributed by atoms with E-state index in [1.54, 1.807) is 31.2 Å². The third-order valence-corrected chi connectivity index (χ3v) is 5.46. The molecule has 5 nitrogen and oxygen atoms in total. The third kappa shape index (κ3) is 6.92. The van der Waals surface area contributed by atoms with Crippen LogP contribution in [-0.2, 0) is 16.1 Å². The van der Waals surface area contributed by atoms with Crippen molar-refractivity contribution in [2.75, 3.05) is 6.61 Å². The van der Waals surface area contributed by atoms with Crippen LogP contribution in [0.15, 0.2) is 42.5 Å². The molecular weight excluding hydrogens is 423 g/mol. The van der Waals surface area contributed by atoms with Crippen LogP contribution in [0, 0.1) is 6.92 Å². The number of hydrogen-bond acceptors (Lipinski definition) is 3. The summed E-state index contributed by atoms with van der Waals surface area (Å²) in [7, 11) is 0. The lowest BCUT2D eigenvalue weighted by Gasteiger charge is -2.30. The Morgan fingerprint density at radius 1 is 1.13 bits per heavy atom. The molecule has 0 saturated heterocycles. The fourth-order valence-corrected chi connectivity index (χ4v) is 3.28. The smallest absolute Gasteiger partial charge is 0.261 e. The predicted octanol–water partition coefficient (Wildman–Crippen LogP) is 5.01. The van der Waals surface area contributed by atoms with E-state index in [0.717, 1.165) is 12.0 Å². The number of hydrogen-bond donors (Lipinski definition) is 1. The number of benzene rings is 2. The molecule has 7 heteroatoms. The Labute approximate surface area is 188 Å². The first-order chi connectivity index (χ1) is 14.2. The van der Waals surface area contributed by atoms with Gasteiger partial charge in [0.2, 0.25) is 5.91 Å². The van der Waals surface area contributed by atoms with Crippen LogP contribution in [0.3, 0.4) is 0 Å². The Morgan fingerprint density at radius 3 is 2.50 bits per heavy atom. The van der Waals surface area contributed by atoms with Crippen LogP contribution in [-0.4, -0.2) is 35.4 Å². The minimum Gasteiger partial charge on any atom is -0.484 e. The summed E-state index contributed by atoms with van der Waals surface area (Å²) in [6, 6.07) is 11.9. The lowest BCUT2D eigenvalue weighted by Crippen LogP contribution is -2.50. The summed E-state index contributed by atoms with van der Waals surface area (Å²) in [6.45, 7) is 7.54. The first-order valence-corrected chi connectivity index (χ1v) is 10.7. The molecule has 2 rings (SSSR count). The van der Waals surface area contributed by atoms with E-state index < -0.39 is 6.04 Å². The van der Waals surface area contributed by atoms with Crippen molar-refractivity contribution in [1.82, 2.24) is 10.2 Å². The summed E-state index contributed by atoms with van der Waals surface area (Å²) in [4.78, 5) is 27.2. The van der Waals surface area contributed by atoms with Gasteiger partial charge in [-0.3, -0.25) is 9.59 Å². The van der Waals surface area contributed by atoms with Gasteiger partial charge in [0.25, 0.3) is 5.91 Å². The minimum atomic E-state index is -0.695. The zero-order valence-corrected chi connectivity index (χ0v) is 19.3. The SMILES string of the molecule is CC[C@@H](C)NC(=O)[C@@H](C)N(Cc1ccc(Cl)cc1Cl)C(=O)COc1cccc(C)c1. The summed E-state index contributed by atoms with van der Waals surface area (Å²) in [5.41, 5.74) is 1.74. The Bertz CT molecular complexity index is 889. The van der Waals surface area contributed by atoms with E-state index in [-0.39, 0.29) is 31.0 Å². The van der Waals surface area contributed by atoms with Crippen LogP contribution in [0.5, 0.6) is 5.75 Å². The van der Waals surface area contributed by atoms with Crippen molar-refractivity contribution >= 4 is 35.0 Å². The van der Waals surface area contributed by atoms with E-state index in [0.29, 0.717) is 21.4 Å². The van der Waals surface area contributed by atoms with E-state index in [1.165, 1.54) is 4.90 Å². The first kappa shape index (κ1) is 24.0.